The number of aliphatic hydroxyl groups is 1. The van der Waals surface area contributed by atoms with E-state index in [1.807, 2.05) is 0 Å². The van der Waals surface area contributed by atoms with Gasteiger partial charge in [-0.1, -0.05) is 6.07 Å². The first-order valence-electron chi connectivity index (χ1n) is 5.62. The molecule has 0 aromatic heterocycles. The van der Waals surface area contributed by atoms with Crippen LogP contribution in [0, 0.1) is 12.7 Å². The minimum atomic E-state index is -1.52. The standard InChI is InChI=1S/C12H15FN2O4/c1-7-2-3-8(13)6-9(7)15-12(19)14-5-4-10(16)11(17)18/h2-3,6,10,16H,4-5H2,1H3,(H,17,18)(H2,14,15,19). The van der Waals surface area contributed by atoms with Gasteiger partial charge in [-0.2, -0.15) is 0 Å². The summed E-state index contributed by atoms with van der Waals surface area (Å²) in [4.78, 5) is 21.8. The van der Waals surface area contributed by atoms with Crippen LogP contribution in [0.2, 0.25) is 0 Å². The van der Waals surface area contributed by atoms with Crippen molar-refractivity contribution >= 4 is 17.7 Å². The average molecular weight is 270 g/mol. The zero-order valence-corrected chi connectivity index (χ0v) is 10.3. The maximum absolute atomic E-state index is 13.0. The van der Waals surface area contributed by atoms with E-state index in [0.29, 0.717) is 11.3 Å². The summed E-state index contributed by atoms with van der Waals surface area (Å²) in [7, 11) is 0. The number of halogens is 1. The van der Waals surface area contributed by atoms with Gasteiger partial charge in [0, 0.05) is 18.7 Å². The topological polar surface area (TPSA) is 98.7 Å². The number of urea groups is 1. The molecule has 2 amide bonds. The van der Waals surface area contributed by atoms with Gasteiger partial charge in [-0.05, 0) is 24.6 Å². The molecule has 6 nitrogen and oxygen atoms in total. The molecule has 4 N–H and O–H groups in total. The van der Waals surface area contributed by atoms with Gasteiger partial charge in [0.15, 0.2) is 6.10 Å². The number of carbonyl (C=O) groups is 2. The zero-order chi connectivity index (χ0) is 14.4. The van der Waals surface area contributed by atoms with Crippen LogP contribution in [0.4, 0.5) is 14.9 Å². The molecule has 0 heterocycles. The molecule has 0 fully saturated rings. The van der Waals surface area contributed by atoms with Crippen molar-refractivity contribution in [3.63, 3.8) is 0 Å². The van der Waals surface area contributed by atoms with Crippen molar-refractivity contribution < 1.29 is 24.2 Å². The van der Waals surface area contributed by atoms with Gasteiger partial charge in [0.25, 0.3) is 0 Å². The van der Waals surface area contributed by atoms with Crippen LogP contribution in [0.1, 0.15) is 12.0 Å². The molecule has 1 aromatic rings. The lowest BCUT2D eigenvalue weighted by molar-refractivity contribution is -0.146. The highest BCUT2D eigenvalue weighted by Crippen LogP contribution is 2.15. The number of anilines is 1. The minimum absolute atomic E-state index is 0.00629. The molecule has 7 heteroatoms. The number of hydrogen-bond donors (Lipinski definition) is 4. The lowest BCUT2D eigenvalue weighted by atomic mass is 10.2. The van der Waals surface area contributed by atoms with Crippen LogP contribution in [0.3, 0.4) is 0 Å². The Bertz CT molecular complexity index is 479. The van der Waals surface area contributed by atoms with Crippen LogP contribution in [-0.4, -0.2) is 34.9 Å². The van der Waals surface area contributed by atoms with Gasteiger partial charge in [0.2, 0.25) is 0 Å². The molecule has 1 rings (SSSR count). The van der Waals surface area contributed by atoms with Crippen molar-refractivity contribution in [2.24, 2.45) is 0 Å². The maximum Gasteiger partial charge on any atom is 0.332 e. The van der Waals surface area contributed by atoms with E-state index >= 15 is 0 Å². The van der Waals surface area contributed by atoms with E-state index in [1.165, 1.54) is 18.2 Å². The Labute approximate surface area is 109 Å². The molecule has 1 aromatic carbocycles. The molecule has 0 saturated heterocycles. The molecule has 0 aliphatic rings. The van der Waals surface area contributed by atoms with Crippen molar-refractivity contribution in [1.82, 2.24) is 5.32 Å². The highest BCUT2D eigenvalue weighted by Gasteiger charge is 2.13. The zero-order valence-electron chi connectivity index (χ0n) is 10.3. The van der Waals surface area contributed by atoms with E-state index in [-0.39, 0.29) is 13.0 Å². The Kier molecular flexibility index (Phi) is 5.25. The Hall–Kier alpha value is -2.15. The SMILES string of the molecule is Cc1ccc(F)cc1NC(=O)NCCC(O)C(=O)O. The average Bonchev–Trinajstić information content (AvgIpc) is 2.33. The van der Waals surface area contributed by atoms with Crippen molar-refractivity contribution in [2.75, 3.05) is 11.9 Å². The van der Waals surface area contributed by atoms with Gasteiger partial charge in [-0.3, -0.25) is 0 Å². The van der Waals surface area contributed by atoms with Crippen LogP contribution < -0.4 is 10.6 Å². The van der Waals surface area contributed by atoms with Crippen LogP contribution in [-0.2, 0) is 4.79 Å². The number of aliphatic carboxylic acids is 1. The fourth-order valence-electron chi connectivity index (χ4n) is 1.34. The van der Waals surface area contributed by atoms with Gasteiger partial charge < -0.3 is 20.8 Å². The smallest absolute Gasteiger partial charge is 0.332 e. The molecule has 19 heavy (non-hydrogen) atoms. The second-order valence-corrected chi connectivity index (χ2v) is 3.98. The van der Waals surface area contributed by atoms with Crippen molar-refractivity contribution in [2.45, 2.75) is 19.4 Å². The number of carboxylic acid groups (broad SMARTS) is 1. The number of benzene rings is 1. The van der Waals surface area contributed by atoms with Crippen LogP contribution >= 0.6 is 0 Å². The summed E-state index contributed by atoms with van der Waals surface area (Å²) in [6.07, 6.45) is -1.62. The molecule has 0 aliphatic carbocycles. The number of amides is 2. The third-order valence-corrected chi connectivity index (χ3v) is 2.44. The number of carboxylic acids is 1. The fraction of sp³-hybridized carbons (Fsp3) is 0.333. The summed E-state index contributed by atoms with van der Waals surface area (Å²) in [5.74, 6) is -1.81. The summed E-state index contributed by atoms with van der Waals surface area (Å²) in [5, 5.41) is 22.2. The highest BCUT2D eigenvalue weighted by atomic mass is 19.1. The quantitative estimate of drug-likeness (QED) is 0.643. The van der Waals surface area contributed by atoms with Gasteiger partial charge in [-0.25, -0.2) is 14.0 Å². The summed E-state index contributed by atoms with van der Waals surface area (Å²) in [5.41, 5.74) is 1.03. The predicted octanol–water partition coefficient (Wildman–Crippen LogP) is 1.09. The molecule has 104 valence electrons. The Balaban J connectivity index is 2.43. The number of aryl methyl sites for hydroxylation is 1. The van der Waals surface area contributed by atoms with Gasteiger partial charge in [0.05, 0.1) is 0 Å². The molecule has 0 aliphatic heterocycles. The van der Waals surface area contributed by atoms with E-state index in [1.54, 1.807) is 6.92 Å². The third kappa shape index (κ3) is 4.92. The fourth-order valence-corrected chi connectivity index (χ4v) is 1.34. The molecule has 1 atom stereocenters. The third-order valence-electron chi connectivity index (χ3n) is 2.44. The Morgan fingerprint density at radius 3 is 2.74 bits per heavy atom. The first-order valence-corrected chi connectivity index (χ1v) is 5.62. The van der Waals surface area contributed by atoms with Crippen molar-refractivity contribution in [1.29, 1.82) is 0 Å². The number of rotatable bonds is 5. The molecular weight excluding hydrogens is 255 g/mol. The molecule has 0 saturated carbocycles. The van der Waals surface area contributed by atoms with E-state index in [4.69, 9.17) is 10.2 Å². The van der Waals surface area contributed by atoms with Gasteiger partial charge in [0.1, 0.15) is 5.82 Å². The van der Waals surface area contributed by atoms with Gasteiger partial charge in [-0.15, -0.1) is 0 Å². The summed E-state index contributed by atoms with van der Waals surface area (Å²) in [6.45, 7) is 1.71. The van der Waals surface area contributed by atoms with E-state index in [0.717, 1.165) is 0 Å². The second-order valence-electron chi connectivity index (χ2n) is 3.98. The van der Waals surface area contributed by atoms with Crippen LogP contribution in [0.15, 0.2) is 18.2 Å². The Morgan fingerprint density at radius 2 is 2.11 bits per heavy atom. The monoisotopic (exact) mass is 270 g/mol. The molecule has 0 spiro atoms. The lowest BCUT2D eigenvalue weighted by Gasteiger charge is -2.10. The second kappa shape index (κ2) is 6.69. The lowest BCUT2D eigenvalue weighted by Crippen LogP contribution is -2.33. The van der Waals surface area contributed by atoms with Crippen LogP contribution in [0.25, 0.3) is 0 Å². The van der Waals surface area contributed by atoms with Crippen molar-refractivity contribution in [3.05, 3.63) is 29.6 Å². The largest absolute Gasteiger partial charge is 0.479 e. The first-order chi connectivity index (χ1) is 8.90. The number of nitrogens with one attached hydrogen (secondary N) is 2. The number of aliphatic hydroxyl groups excluding tert-OH is 1. The molecule has 1 unspecified atom stereocenters. The molecular formula is C12H15FN2O4. The minimum Gasteiger partial charge on any atom is -0.479 e. The maximum atomic E-state index is 13.0. The highest BCUT2D eigenvalue weighted by molar-refractivity contribution is 5.90. The van der Waals surface area contributed by atoms with E-state index in [9.17, 15) is 14.0 Å². The van der Waals surface area contributed by atoms with Crippen LogP contribution in [0.5, 0.6) is 0 Å². The summed E-state index contributed by atoms with van der Waals surface area (Å²) < 4.78 is 13.0. The number of carbonyl (C=O) groups excluding carboxylic acids is 1. The summed E-state index contributed by atoms with van der Waals surface area (Å²) >= 11 is 0. The van der Waals surface area contributed by atoms with Gasteiger partial charge >= 0.3 is 12.0 Å². The Morgan fingerprint density at radius 1 is 1.42 bits per heavy atom. The normalized spacial score (nSPS) is 11.7. The van der Waals surface area contributed by atoms with Crippen molar-refractivity contribution in [3.8, 4) is 0 Å². The van der Waals surface area contributed by atoms with E-state index < -0.39 is 23.9 Å². The summed E-state index contributed by atoms with van der Waals surface area (Å²) in [6, 6.07) is 3.40. The first kappa shape index (κ1) is 14.9. The van der Waals surface area contributed by atoms with E-state index in [2.05, 4.69) is 10.6 Å². The molecule has 0 radical (unpaired) electrons. The predicted molar refractivity (Wildman–Crippen MR) is 66.4 cm³/mol. The molecule has 0 bridgehead atoms. The number of hydrogen-bond acceptors (Lipinski definition) is 3.